The number of carbonyl (C=O) groups excluding carboxylic acids is 2. The number of imide groups is 1. The van der Waals surface area contributed by atoms with Crippen LogP contribution >= 0.6 is 0 Å². The van der Waals surface area contributed by atoms with Crippen LogP contribution in [-0.2, 0) is 28.1 Å². The highest BCUT2D eigenvalue weighted by atomic mass is 16.7. The summed E-state index contributed by atoms with van der Waals surface area (Å²) in [5.41, 5.74) is 1.23. The van der Waals surface area contributed by atoms with Crippen LogP contribution in [0.5, 0.6) is 11.5 Å². The zero-order valence-corrected chi connectivity index (χ0v) is 19.1. The molecule has 3 amide bonds. The minimum Gasteiger partial charge on any atom is -0.454 e. The quantitative estimate of drug-likeness (QED) is 0.463. The Morgan fingerprint density at radius 3 is 2.43 bits per heavy atom. The van der Waals surface area contributed by atoms with Crippen molar-refractivity contribution < 1.29 is 28.9 Å². The number of fused-ring (bicyclic) bond motifs is 1. The lowest BCUT2D eigenvalue weighted by Crippen LogP contribution is -2.46. The van der Waals surface area contributed by atoms with Gasteiger partial charge in [0.05, 0.1) is 25.9 Å². The number of amides is 3. The van der Waals surface area contributed by atoms with Crippen molar-refractivity contribution >= 4 is 11.9 Å². The average molecular weight is 475 g/mol. The summed E-state index contributed by atoms with van der Waals surface area (Å²) in [5.74, 6) is 0.943. The van der Waals surface area contributed by atoms with Crippen molar-refractivity contribution in [3.8, 4) is 11.5 Å². The van der Waals surface area contributed by atoms with Crippen LogP contribution in [0.25, 0.3) is 0 Å². The number of benzene rings is 3. The highest BCUT2D eigenvalue weighted by molar-refractivity contribution is 6.07. The molecule has 1 saturated heterocycles. The van der Waals surface area contributed by atoms with E-state index in [0.717, 1.165) is 16.0 Å². The van der Waals surface area contributed by atoms with Gasteiger partial charge in [-0.1, -0.05) is 66.7 Å². The Balaban J connectivity index is 1.25. The third-order valence-corrected chi connectivity index (χ3v) is 6.16. The van der Waals surface area contributed by atoms with Crippen LogP contribution in [0.3, 0.4) is 0 Å². The molecule has 3 aromatic carbocycles. The molecule has 180 valence electrons. The monoisotopic (exact) mass is 474 g/mol. The molecule has 2 atom stereocenters. The van der Waals surface area contributed by atoms with Gasteiger partial charge in [0.25, 0.3) is 5.91 Å². The first-order chi connectivity index (χ1) is 17.0. The SMILES string of the molecule is O=C1N[C@](Cc2ccccc2)(c2ccccc2)C(=O)N1C[C@@H](O)COCc1ccc2c(c1)OCO2. The second-order valence-electron chi connectivity index (χ2n) is 8.64. The Labute approximate surface area is 203 Å². The number of hydrogen-bond acceptors (Lipinski definition) is 6. The van der Waals surface area contributed by atoms with Gasteiger partial charge in [-0.25, -0.2) is 4.79 Å². The Morgan fingerprint density at radius 2 is 1.66 bits per heavy atom. The number of aliphatic hydroxyl groups excluding tert-OH is 1. The lowest BCUT2D eigenvalue weighted by molar-refractivity contribution is -0.133. The van der Waals surface area contributed by atoms with E-state index in [9.17, 15) is 14.7 Å². The first-order valence-corrected chi connectivity index (χ1v) is 11.4. The van der Waals surface area contributed by atoms with E-state index < -0.39 is 23.6 Å². The fraction of sp³-hybridized carbons (Fsp3) is 0.259. The van der Waals surface area contributed by atoms with Crippen LogP contribution in [0.4, 0.5) is 4.79 Å². The fourth-order valence-corrected chi connectivity index (χ4v) is 4.44. The Kier molecular flexibility index (Phi) is 6.39. The van der Waals surface area contributed by atoms with E-state index in [0.29, 0.717) is 23.5 Å². The first kappa shape index (κ1) is 22.9. The topological polar surface area (TPSA) is 97.3 Å². The van der Waals surface area contributed by atoms with E-state index in [1.807, 2.05) is 72.8 Å². The molecular weight excluding hydrogens is 448 g/mol. The van der Waals surface area contributed by atoms with Crippen LogP contribution in [0.1, 0.15) is 16.7 Å². The zero-order chi connectivity index (χ0) is 24.3. The average Bonchev–Trinajstić information content (AvgIpc) is 3.44. The Morgan fingerprint density at radius 1 is 0.943 bits per heavy atom. The van der Waals surface area contributed by atoms with E-state index >= 15 is 0 Å². The van der Waals surface area contributed by atoms with Crippen molar-refractivity contribution in [2.24, 2.45) is 0 Å². The van der Waals surface area contributed by atoms with E-state index in [-0.39, 0.29) is 26.6 Å². The van der Waals surface area contributed by atoms with E-state index in [1.54, 1.807) is 6.07 Å². The number of carbonyl (C=O) groups is 2. The summed E-state index contributed by atoms with van der Waals surface area (Å²) < 4.78 is 16.3. The summed E-state index contributed by atoms with van der Waals surface area (Å²) in [6.07, 6.45) is -0.739. The number of nitrogens with one attached hydrogen (secondary N) is 1. The molecule has 1 fully saturated rings. The number of rotatable bonds is 9. The number of urea groups is 1. The smallest absolute Gasteiger partial charge is 0.325 e. The molecular formula is C27H26N2O6. The molecule has 0 aromatic heterocycles. The third-order valence-electron chi connectivity index (χ3n) is 6.16. The van der Waals surface area contributed by atoms with Gasteiger partial charge in [-0.05, 0) is 28.8 Å². The van der Waals surface area contributed by atoms with Crippen LogP contribution < -0.4 is 14.8 Å². The summed E-state index contributed by atoms with van der Waals surface area (Å²) in [6.45, 7) is 0.229. The summed E-state index contributed by atoms with van der Waals surface area (Å²) in [5, 5.41) is 13.5. The number of nitrogens with zero attached hydrogens (tertiary/aromatic N) is 1. The Bertz CT molecular complexity index is 1200. The predicted molar refractivity (Wildman–Crippen MR) is 127 cm³/mol. The summed E-state index contributed by atoms with van der Waals surface area (Å²) >= 11 is 0. The molecule has 35 heavy (non-hydrogen) atoms. The minimum atomic E-state index is -1.24. The molecule has 0 saturated carbocycles. The maximum Gasteiger partial charge on any atom is 0.325 e. The van der Waals surface area contributed by atoms with Crippen molar-refractivity contribution in [3.63, 3.8) is 0 Å². The van der Waals surface area contributed by atoms with Gasteiger partial charge in [0.1, 0.15) is 0 Å². The first-order valence-electron chi connectivity index (χ1n) is 11.4. The van der Waals surface area contributed by atoms with Crippen molar-refractivity contribution in [3.05, 3.63) is 95.6 Å². The number of aliphatic hydroxyl groups is 1. The standard InChI is InChI=1S/C27H26N2O6/c30-22(17-33-16-20-11-12-23-24(13-20)35-18-34-23)15-29-25(31)27(28-26(29)32,21-9-5-2-6-10-21)14-19-7-3-1-4-8-19/h1-13,22,30H,14-18H2,(H,28,32)/t22-,27-/m1/s1. The van der Waals surface area contributed by atoms with Gasteiger partial charge in [0, 0.05) is 6.42 Å². The highest BCUT2D eigenvalue weighted by Gasteiger charge is 2.52. The van der Waals surface area contributed by atoms with Gasteiger partial charge in [-0.2, -0.15) is 0 Å². The maximum atomic E-state index is 13.6. The molecule has 0 radical (unpaired) electrons. The number of β-amino-alcohol motifs (C(OH)–C–C–N with tert-alkyl or cyclic N) is 1. The molecule has 0 unspecified atom stereocenters. The van der Waals surface area contributed by atoms with Gasteiger partial charge >= 0.3 is 6.03 Å². The van der Waals surface area contributed by atoms with Crippen LogP contribution in [0.2, 0.25) is 0 Å². The minimum absolute atomic E-state index is 0.0392. The van der Waals surface area contributed by atoms with E-state index in [4.69, 9.17) is 14.2 Å². The largest absolute Gasteiger partial charge is 0.454 e. The second kappa shape index (κ2) is 9.77. The third kappa shape index (κ3) is 4.71. The second-order valence-corrected chi connectivity index (χ2v) is 8.64. The van der Waals surface area contributed by atoms with Gasteiger partial charge in [0.15, 0.2) is 17.0 Å². The van der Waals surface area contributed by atoms with Crippen LogP contribution in [0.15, 0.2) is 78.9 Å². The molecule has 8 heteroatoms. The molecule has 0 bridgehead atoms. The van der Waals surface area contributed by atoms with E-state index in [1.165, 1.54) is 0 Å². The van der Waals surface area contributed by atoms with Crippen molar-refractivity contribution in [1.82, 2.24) is 10.2 Å². The van der Waals surface area contributed by atoms with Crippen molar-refractivity contribution in [1.29, 1.82) is 0 Å². The molecule has 3 aromatic rings. The van der Waals surface area contributed by atoms with Crippen LogP contribution in [0, 0.1) is 0 Å². The molecule has 2 N–H and O–H groups in total. The van der Waals surface area contributed by atoms with Gasteiger partial charge in [0.2, 0.25) is 6.79 Å². The lowest BCUT2D eigenvalue weighted by atomic mass is 9.83. The number of ether oxygens (including phenoxy) is 3. The highest BCUT2D eigenvalue weighted by Crippen LogP contribution is 2.34. The molecule has 2 aliphatic rings. The molecule has 8 nitrogen and oxygen atoms in total. The summed E-state index contributed by atoms with van der Waals surface area (Å²) in [6, 6.07) is 23.7. The maximum absolute atomic E-state index is 13.6. The molecule has 0 aliphatic carbocycles. The molecule has 2 heterocycles. The van der Waals surface area contributed by atoms with Gasteiger partial charge in [-0.3, -0.25) is 9.69 Å². The fourth-order valence-electron chi connectivity index (χ4n) is 4.44. The summed E-state index contributed by atoms with van der Waals surface area (Å²) in [7, 11) is 0. The van der Waals surface area contributed by atoms with Gasteiger partial charge < -0.3 is 24.6 Å². The van der Waals surface area contributed by atoms with Crippen LogP contribution in [-0.4, -0.2) is 48.0 Å². The predicted octanol–water partition coefficient (Wildman–Crippen LogP) is 2.98. The lowest BCUT2D eigenvalue weighted by Gasteiger charge is -2.28. The van der Waals surface area contributed by atoms with E-state index in [2.05, 4.69) is 5.32 Å². The molecule has 0 spiro atoms. The number of hydrogen-bond donors (Lipinski definition) is 2. The van der Waals surface area contributed by atoms with Crippen molar-refractivity contribution in [2.45, 2.75) is 24.7 Å². The Hall–Kier alpha value is -3.88. The zero-order valence-electron chi connectivity index (χ0n) is 19.1. The molecule has 5 rings (SSSR count). The van der Waals surface area contributed by atoms with Gasteiger partial charge in [-0.15, -0.1) is 0 Å². The van der Waals surface area contributed by atoms with Crippen molar-refractivity contribution in [2.75, 3.05) is 19.9 Å². The normalized spacial score (nSPS) is 19.6. The molecule has 2 aliphatic heterocycles. The summed E-state index contributed by atoms with van der Waals surface area (Å²) in [4.78, 5) is 27.6.